The third kappa shape index (κ3) is 9.14. The Morgan fingerprint density at radius 1 is 0.896 bits per heavy atom. The van der Waals surface area contributed by atoms with Crippen molar-refractivity contribution in [3.8, 4) is 5.75 Å². The largest absolute Gasteiger partial charge is 0.484 e. The van der Waals surface area contributed by atoms with E-state index in [2.05, 4.69) is 16.0 Å². The molecule has 2 amide bonds. The van der Waals surface area contributed by atoms with Gasteiger partial charge in [0.2, 0.25) is 5.91 Å². The van der Waals surface area contributed by atoms with Crippen molar-refractivity contribution in [3.05, 3.63) is 29.0 Å². The van der Waals surface area contributed by atoms with Crippen LogP contribution in [-0.4, -0.2) is 72.2 Å². The molecule has 1 saturated heterocycles. The van der Waals surface area contributed by atoms with Crippen molar-refractivity contribution >= 4 is 23.4 Å². The van der Waals surface area contributed by atoms with E-state index < -0.39 is 58.6 Å². The van der Waals surface area contributed by atoms with E-state index in [1.54, 1.807) is 0 Å². The van der Waals surface area contributed by atoms with Crippen molar-refractivity contribution in [2.24, 2.45) is 5.41 Å². The first-order valence-electron chi connectivity index (χ1n) is 17.6. The van der Waals surface area contributed by atoms with Gasteiger partial charge in [-0.3, -0.25) is 9.59 Å². The van der Waals surface area contributed by atoms with E-state index >= 15 is 0 Å². The van der Waals surface area contributed by atoms with Crippen molar-refractivity contribution in [3.63, 3.8) is 0 Å². The smallest absolute Gasteiger partial charge is 0.403 e. The van der Waals surface area contributed by atoms with Gasteiger partial charge in [-0.15, -0.1) is 0 Å². The summed E-state index contributed by atoms with van der Waals surface area (Å²) in [6.07, 6.45) is 7.05. The van der Waals surface area contributed by atoms with Gasteiger partial charge in [0.1, 0.15) is 24.2 Å². The predicted octanol–water partition coefficient (Wildman–Crippen LogP) is 6.51. The fourth-order valence-corrected chi connectivity index (χ4v) is 8.61. The molecule has 3 atom stereocenters. The lowest BCUT2D eigenvalue weighted by Crippen LogP contribution is -2.70. The number of aliphatic hydroxyl groups is 1. The highest BCUT2D eigenvalue weighted by Gasteiger charge is 2.56. The zero-order chi connectivity index (χ0) is 34.4. The average Bonchev–Trinajstić information content (AvgIpc) is 3.03. The van der Waals surface area contributed by atoms with Gasteiger partial charge in [-0.25, -0.2) is 4.39 Å². The molecule has 1 aliphatic heterocycles. The summed E-state index contributed by atoms with van der Waals surface area (Å²) in [5, 5.41) is 19.9. The van der Waals surface area contributed by atoms with Crippen LogP contribution in [0.3, 0.4) is 0 Å². The quantitative estimate of drug-likeness (QED) is 0.230. The number of piperidine rings is 1. The number of hydrogen-bond donors (Lipinski definition) is 4. The lowest BCUT2D eigenvalue weighted by molar-refractivity contribution is -0.188. The summed E-state index contributed by atoms with van der Waals surface area (Å²) < 4.78 is 66.9. The molecule has 2 bridgehead atoms. The van der Waals surface area contributed by atoms with Gasteiger partial charge in [-0.2, -0.15) is 13.2 Å². The fourth-order valence-electron chi connectivity index (χ4n) is 8.50. The van der Waals surface area contributed by atoms with Crippen molar-refractivity contribution in [1.82, 2.24) is 16.0 Å². The van der Waals surface area contributed by atoms with Crippen LogP contribution >= 0.6 is 11.6 Å². The predicted molar refractivity (Wildman–Crippen MR) is 173 cm³/mol. The molecule has 8 nitrogen and oxygen atoms in total. The molecule has 2 unspecified atom stereocenters. The Kier molecular flexibility index (Phi) is 12.2. The molecule has 0 radical (unpaired) electrons. The molecule has 1 heterocycles. The highest BCUT2D eigenvalue weighted by atomic mass is 35.5. The Balaban J connectivity index is 1.16. The molecule has 5 fully saturated rings. The maximum absolute atomic E-state index is 13.9. The molecule has 13 heteroatoms. The Morgan fingerprint density at radius 3 is 2.08 bits per heavy atom. The van der Waals surface area contributed by atoms with E-state index in [0.717, 1.165) is 57.4 Å². The number of nitrogens with one attached hydrogen (secondary N) is 3. The number of benzene rings is 1. The van der Waals surface area contributed by atoms with Gasteiger partial charge in [-0.1, -0.05) is 69.4 Å². The van der Waals surface area contributed by atoms with Gasteiger partial charge in [-0.05, 0) is 63.5 Å². The highest BCUT2D eigenvalue weighted by molar-refractivity contribution is 6.30. The number of ether oxygens (including phenoxy) is 2. The van der Waals surface area contributed by atoms with Crippen molar-refractivity contribution in [2.45, 2.75) is 145 Å². The lowest BCUT2D eigenvalue weighted by Gasteiger charge is -2.56. The van der Waals surface area contributed by atoms with Crippen LogP contribution in [0.1, 0.15) is 109 Å². The average molecular weight is 704 g/mol. The van der Waals surface area contributed by atoms with Gasteiger partial charge in [0, 0.05) is 23.6 Å². The summed E-state index contributed by atoms with van der Waals surface area (Å²) in [5.74, 6) is -1.36. The van der Waals surface area contributed by atoms with Crippen LogP contribution in [0.2, 0.25) is 5.02 Å². The second kappa shape index (κ2) is 15.8. The summed E-state index contributed by atoms with van der Waals surface area (Å²) in [7, 11) is 0. The Hall–Kier alpha value is -2.15. The third-order valence-electron chi connectivity index (χ3n) is 11.4. The SMILES string of the molecule is O=C(COc1ccc(Cl)c(F)c1)NC12CCC(NC(=O)COC3CC(C(F)(F)F)NCC34CCCCCCCCCCC4)(CC1)[C@@H](O)C2. The van der Waals surface area contributed by atoms with E-state index in [1.807, 2.05) is 0 Å². The number of aliphatic hydroxyl groups excluding tert-OH is 1. The molecular formula is C35H50ClF4N3O5. The number of amides is 2. The maximum atomic E-state index is 13.9. The zero-order valence-electron chi connectivity index (χ0n) is 27.6. The minimum Gasteiger partial charge on any atom is -0.484 e. The number of fused-ring (bicyclic) bond motifs is 3. The summed E-state index contributed by atoms with van der Waals surface area (Å²) in [5.41, 5.74) is -2.05. The molecular weight excluding hydrogens is 654 g/mol. The molecule has 4 N–H and O–H groups in total. The molecule has 48 heavy (non-hydrogen) atoms. The first-order valence-corrected chi connectivity index (χ1v) is 18.0. The molecule has 5 aliphatic rings. The summed E-state index contributed by atoms with van der Waals surface area (Å²) in [6.45, 7) is -0.511. The molecule has 1 aromatic carbocycles. The van der Waals surface area contributed by atoms with E-state index in [1.165, 1.54) is 31.4 Å². The standard InChI is InChI=1S/C35H50ClF4N3O5/c36-25-11-10-24(18-26(25)37)47-21-30(45)42-33-14-16-34(17-15-33,28(44)20-33)43-31(46)22-48-29-19-27(35(38,39)40)41-23-32(29)12-8-6-4-2-1-3-5-7-9-13-32/h10-11,18,27-29,41,44H,1-9,12-17,19-23H2,(H,42,45)(H,43,46)/t27?,28-,29?,33?,34?/m0/s1. The van der Waals surface area contributed by atoms with Crippen molar-refractivity contribution < 1.29 is 41.7 Å². The Bertz CT molecular complexity index is 1250. The first-order chi connectivity index (χ1) is 22.8. The van der Waals surface area contributed by atoms with Crippen molar-refractivity contribution in [1.29, 1.82) is 0 Å². The normalized spacial score (nSPS) is 31.3. The van der Waals surface area contributed by atoms with Crippen LogP contribution in [0.15, 0.2) is 18.2 Å². The summed E-state index contributed by atoms with van der Waals surface area (Å²) in [4.78, 5) is 26.1. The number of hydrogen-bond acceptors (Lipinski definition) is 6. The number of halogens is 5. The molecule has 1 spiro atoms. The zero-order valence-corrected chi connectivity index (χ0v) is 28.3. The molecule has 6 rings (SSSR count). The second-order valence-corrected chi connectivity index (χ2v) is 15.1. The molecule has 4 aliphatic carbocycles. The van der Waals surface area contributed by atoms with Gasteiger partial charge < -0.3 is 30.5 Å². The minimum atomic E-state index is -4.41. The van der Waals surface area contributed by atoms with Crippen LogP contribution < -0.4 is 20.7 Å². The second-order valence-electron chi connectivity index (χ2n) is 14.7. The first kappa shape index (κ1) is 37.1. The van der Waals surface area contributed by atoms with E-state index in [-0.39, 0.29) is 43.4 Å². The monoisotopic (exact) mass is 703 g/mol. The fraction of sp³-hybridized carbons (Fsp3) is 0.771. The van der Waals surface area contributed by atoms with E-state index in [0.29, 0.717) is 25.7 Å². The number of alkyl halides is 3. The van der Waals surface area contributed by atoms with Crippen molar-refractivity contribution in [2.75, 3.05) is 19.8 Å². The molecule has 4 saturated carbocycles. The van der Waals surface area contributed by atoms with E-state index in [4.69, 9.17) is 21.1 Å². The van der Waals surface area contributed by atoms with Crippen LogP contribution in [0.5, 0.6) is 5.75 Å². The molecule has 0 aromatic heterocycles. The maximum Gasteiger partial charge on any atom is 0.403 e. The Labute approximate surface area is 285 Å². The molecule has 1 aromatic rings. The van der Waals surface area contributed by atoms with Gasteiger partial charge in [0.05, 0.1) is 22.8 Å². The van der Waals surface area contributed by atoms with Crippen LogP contribution in [0.25, 0.3) is 0 Å². The summed E-state index contributed by atoms with van der Waals surface area (Å²) in [6, 6.07) is 2.22. The van der Waals surface area contributed by atoms with Gasteiger partial charge in [0.25, 0.3) is 5.91 Å². The number of rotatable bonds is 8. The highest BCUT2D eigenvalue weighted by Crippen LogP contribution is 2.47. The lowest BCUT2D eigenvalue weighted by atomic mass is 9.60. The van der Waals surface area contributed by atoms with Crippen LogP contribution in [0.4, 0.5) is 17.6 Å². The summed E-state index contributed by atoms with van der Waals surface area (Å²) >= 11 is 5.70. The number of carbonyl (C=O) groups is 2. The van der Waals surface area contributed by atoms with E-state index in [9.17, 15) is 32.3 Å². The number of carbonyl (C=O) groups excluding carboxylic acids is 2. The van der Waals surface area contributed by atoms with Gasteiger partial charge >= 0.3 is 6.18 Å². The van der Waals surface area contributed by atoms with Gasteiger partial charge in [0.15, 0.2) is 6.61 Å². The third-order valence-corrected chi connectivity index (χ3v) is 11.7. The van der Waals surface area contributed by atoms with Crippen LogP contribution in [0, 0.1) is 11.2 Å². The van der Waals surface area contributed by atoms with Crippen LogP contribution in [-0.2, 0) is 14.3 Å². The minimum absolute atomic E-state index is 0.0529. The molecule has 270 valence electrons. The topological polar surface area (TPSA) is 109 Å². The Morgan fingerprint density at radius 2 is 1.50 bits per heavy atom.